The smallest absolute Gasteiger partial charge is 0.475 e. The molecule has 0 aromatic rings. The topological polar surface area (TPSA) is 82.1 Å². The molecule has 1 atom stereocenters. The van der Waals surface area contributed by atoms with Crippen LogP contribution in [0.3, 0.4) is 0 Å². The van der Waals surface area contributed by atoms with Crippen molar-refractivity contribution in [2.24, 2.45) is 0 Å². The Labute approximate surface area is 101 Å². The highest BCUT2D eigenvalue weighted by molar-refractivity contribution is 7.48. The Morgan fingerprint density at radius 1 is 1.35 bits per heavy atom. The third-order valence-corrected chi connectivity index (χ3v) is 3.43. The molecular formula is C10H19O6P. The van der Waals surface area contributed by atoms with Gasteiger partial charge in [0.15, 0.2) is 0 Å². The van der Waals surface area contributed by atoms with Gasteiger partial charge in [0, 0.05) is 5.57 Å². The highest BCUT2D eigenvalue weighted by atomic mass is 31.2. The normalized spacial score (nSPS) is 14.7. The van der Waals surface area contributed by atoms with Crippen molar-refractivity contribution in [1.29, 1.82) is 0 Å². The first kappa shape index (κ1) is 16.3. The maximum Gasteiger partial charge on any atom is 0.475 e. The van der Waals surface area contributed by atoms with E-state index in [0.29, 0.717) is 0 Å². The van der Waals surface area contributed by atoms with Crippen molar-refractivity contribution in [3.8, 4) is 0 Å². The number of carboxylic acids is 1. The Morgan fingerprint density at radius 3 is 2.18 bits per heavy atom. The summed E-state index contributed by atoms with van der Waals surface area (Å²) in [5, 5.41) is 8.68. The molecule has 6 nitrogen and oxygen atoms in total. The minimum Gasteiger partial charge on any atom is -0.478 e. The highest BCUT2D eigenvalue weighted by Gasteiger charge is 2.27. The Hall–Kier alpha value is -0.680. The van der Waals surface area contributed by atoms with Gasteiger partial charge >= 0.3 is 13.8 Å². The molecule has 0 aromatic heterocycles. The van der Waals surface area contributed by atoms with Crippen molar-refractivity contribution < 1.29 is 28.0 Å². The summed E-state index contributed by atoms with van der Waals surface area (Å²) in [6.45, 7) is 6.69. The summed E-state index contributed by atoms with van der Waals surface area (Å²) in [7, 11) is -3.60. The third-order valence-electron chi connectivity index (χ3n) is 1.69. The molecular weight excluding hydrogens is 247 g/mol. The highest BCUT2D eigenvalue weighted by Crippen LogP contribution is 2.50. The van der Waals surface area contributed by atoms with Gasteiger partial charge in [0.2, 0.25) is 0 Å². The van der Waals surface area contributed by atoms with Crippen molar-refractivity contribution in [2.75, 3.05) is 13.2 Å². The Morgan fingerprint density at radius 2 is 1.82 bits per heavy atom. The van der Waals surface area contributed by atoms with E-state index in [1.807, 2.05) is 0 Å². The number of carbonyl (C=O) groups is 1. The summed E-state index contributed by atoms with van der Waals surface area (Å²) in [4.78, 5) is 10.6. The third kappa shape index (κ3) is 6.58. The van der Waals surface area contributed by atoms with Crippen LogP contribution in [0.4, 0.5) is 0 Å². The van der Waals surface area contributed by atoms with E-state index in [1.165, 1.54) is 13.0 Å². The second-order valence-electron chi connectivity index (χ2n) is 3.25. The number of aliphatic carboxylic acids is 1. The van der Waals surface area contributed by atoms with Gasteiger partial charge in [0.1, 0.15) is 0 Å². The molecule has 0 aromatic carbocycles. The first-order valence-electron chi connectivity index (χ1n) is 5.33. The summed E-state index contributed by atoms with van der Waals surface area (Å²) in [5.41, 5.74) is 0.108. The number of phosphoric acid groups is 1. The van der Waals surface area contributed by atoms with Crippen molar-refractivity contribution in [2.45, 2.75) is 33.8 Å². The van der Waals surface area contributed by atoms with Gasteiger partial charge in [0.25, 0.3) is 0 Å². The number of phosphoric ester groups is 1. The maximum atomic E-state index is 11.9. The quantitative estimate of drug-likeness (QED) is 0.537. The summed E-state index contributed by atoms with van der Waals surface area (Å²) >= 11 is 0. The number of hydrogen-bond acceptors (Lipinski definition) is 5. The van der Waals surface area contributed by atoms with Crippen LogP contribution in [0.25, 0.3) is 0 Å². The minimum absolute atomic E-state index is 0.108. The number of rotatable bonds is 8. The van der Waals surface area contributed by atoms with Crippen molar-refractivity contribution in [1.82, 2.24) is 0 Å². The first-order chi connectivity index (χ1) is 7.84. The lowest BCUT2D eigenvalue weighted by molar-refractivity contribution is -0.132. The molecule has 0 bridgehead atoms. The van der Waals surface area contributed by atoms with E-state index < -0.39 is 19.9 Å². The largest absolute Gasteiger partial charge is 0.478 e. The van der Waals surface area contributed by atoms with E-state index in [9.17, 15) is 9.36 Å². The summed E-state index contributed by atoms with van der Waals surface area (Å²) in [6, 6.07) is 0. The van der Waals surface area contributed by atoms with Gasteiger partial charge in [0.05, 0.1) is 19.3 Å². The van der Waals surface area contributed by atoms with Crippen molar-refractivity contribution in [3.63, 3.8) is 0 Å². The van der Waals surface area contributed by atoms with E-state index in [-0.39, 0.29) is 18.8 Å². The van der Waals surface area contributed by atoms with E-state index in [1.54, 1.807) is 20.8 Å². The molecule has 1 N–H and O–H groups in total. The van der Waals surface area contributed by atoms with Crippen LogP contribution in [0, 0.1) is 0 Å². The lowest BCUT2D eigenvalue weighted by atomic mass is 10.2. The first-order valence-corrected chi connectivity index (χ1v) is 6.80. The van der Waals surface area contributed by atoms with E-state index in [0.717, 1.165) is 0 Å². The molecule has 0 aliphatic carbocycles. The van der Waals surface area contributed by atoms with Crippen LogP contribution in [0.2, 0.25) is 0 Å². The molecule has 0 amide bonds. The second-order valence-corrected chi connectivity index (χ2v) is 4.87. The average Bonchev–Trinajstić information content (AvgIpc) is 2.16. The second kappa shape index (κ2) is 7.61. The standard InChI is InChI=1S/C10H19O6P/c1-5-14-17(13,15-6-2)16-9(4)7-8(3)10(11)12/h7,9H,5-6H2,1-4H3,(H,11,12)/b8-7+. The predicted octanol–water partition coefficient (Wildman–Crippen LogP) is 2.60. The van der Waals surface area contributed by atoms with E-state index in [2.05, 4.69) is 0 Å². The predicted molar refractivity (Wildman–Crippen MR) is 62.8 cm³/mol. The monoisotopic (exact) mass is 266 g/mol. The minimum atomic E-state index is -3.60. The van der Waals surface area contributed by atoms with Crippen LogP contribution >= 0.6 is 7.82 Å². The fourth-order valence-electron chi connectivity index (χ4n) is 1.07. The Balaban J connectivity index is 4.61. The van der Waals surface area contributed by atoms with Gasteiger partial charge < -0.3 is 5.11 Å². The zero-order valence-corrected chi connectivity index (χ0v) is 11.4. The van der Waals surface area contributed by atoms with Gasteiger partial charge in [-0.05, 0) is 33.8 Å². The Bertz CT molecular complexity index is 315. The van der Waals surface area contributed by atoms with Gasteiger partial charge in [-0.2, -0.15) is 0 Å². The lowest BCUT2D eigenvalue weighted by Gasteiger charge is -2.19. The van der Waals surface area contributed by atoms with Gasteiger partial charge in [-0.3, -0.25) is 13.6 Å². The fraction of sp³-hybridized carbons (Fsp3) is 0.700. The molecule has 0 heterocycles. The Kier molecular flexibility index (Phi) is 7.30. The number of carboxylic acid groups (broad SMARTS) is 1. The molecule has 0 rings (SSSR count). The van der Waals surface area contributed by atoms with E-state index in [4.69, 9.17) is 18.7 Å². The number of hydrogen-bond donors (Lipinski definition) is 1. The van der Waals surface area contributed by atoms with Crippen LogP contribution in [0.15, 0.2) is 11.6 Å². The average molecular weight is 266 g/mol. The summed E-state index contributed by atoms with van der Waals surface area (Å²) in [5.74, 6) is -1.05. The molecule has 0 saturated heterocycles. The molecule has 0 aliphatic heterocycles. The zero-order valence-electron chi connectivity index (χ0n) is 10.5. The van der Waals surface area contributed by atoms with Crippen LogP contribution in [0.1, 0.15) is 27.7 Å². The van der Waals surface area contributed by atoms with E-state index >= 15 is 0 Å². The fourth-order valence-corrected chi connectivity index (χ4v) is 2.37. The molecule has 100 valence electrons. The lowest BCUT2D eigenvalue weighted by Crippen LogP contribution is -2.09. The van der Waals surface area contributed by atoms with Crippen molar-refractivity contribution in [3.05, 3.63) is 11.6 Å². The molecule has 0 aliphatic rings. The molecule has 7 heteroatoms. The zero-order chi connectivity index (χ0) is 13.5. The molecule has 0 radical (unpaired) electrons. The maximum absolute atomic E-state index is 11.9. The molecule has 0 fully saturated rings. The van der Waals surface area contributed by atoms with Gasteiger partial charge in [-0.1, -0.05) is 0 Å². The van der Waals surface area contributed by atoms with Crippen LogP contribution < -0.4 is 0 Å². The molecule has 0 saturated carbocycles. The summed E-state index contributed by atoms with van der Waals surface area (Å²) in [6.07, 6.45) is 0.669. The SMILES string of the molecule is CCOP(=O)(OCC)OC(C)/C=C(\C)C(=O)O. The summed E-state index contributed by atoms with van der Waals surface area (Å²) < 4.78 is 26.9. The molecule has 0 spiro atoms. The van der Waals surface area contributed by atoms with Gasteiger partial charge in [-0.15, -0.1) is 0 Å². The van der Waals surface area contributed by atoms with Gasteiger partial charge in [-0.25, -0.2) is 9.36 Å². The van der Waals surface area contributed by atoms with Crippen LogP contribution in [-0.4, -0.2) is 30.4 Å². The van der Waals surface area contributed by atoms with Crippen molar-refractivity contribution >= 4 is 13.8 Å². The molecule has 17 heavy (non-hydrogen) atoms. The van der Waals surface area contributed by atoms with Crippen LogP contribution in [-0.2, 0) is 22.9 Å². The molecule has 1 unspecified atom stereocenters. The van der Waals surface area contributed by atoms with Crippen LogP contribution in [0.5, 0.6) is 0 Å².